The molecule has 0 bridgehead atoms. The zero-order valence-electron chi connectivity index (χ0n) is 25.7. The summed E-state index contributed by atoms with van der Waals surface area (Å²) >= 11 is 0. The van der Waals surface area contributed by atoms with E-state index in [1.807, 2.05) is 13.8 Å². The van der Waals surface area contributed by atoms with E-state index in [4.69, 9.17) is 0 Å². The van der Waals surface area contributed by atoms with Crippen molar-refractivity contribution in [3.8, 4) is 0 Å². The van der Waals surface area contributed by atoms with Crippen LogP contribution in [0.15, 0.2) is 46.6 Å². The highest BCUT2D eigenvalue weighted by atomic mass is 16.3. The van der Waals surface area contributed by atoms with Gasteiger partial charge in [0.05, 0.1) is 5.60 Å². The number of aliphatic hydroxyl groups is 1. The number of aldehydes is 3. The third-order valence-electron chi connectivity index (χ3n) is 8.05. The Hall–Kier alpha value is -2.07. The molecular weight excluding hydrogens is 484 g/mol. The number of allylic oxidation sites excluding steroid dienone is 8. The molecule has 39 heavy (non-hydrogen) atoms. The lowest BCUT2D eigenvalue weighted by molar-refractivity contribution is -0.112. The summed E-state index contributed by atoms with van der Waals surface area (Å²) in [4.78, 5) is 31.5. The van der Waals surface area contributed by atoms with Crippen LogP contribution in [-0.4, -0.2) is 29.6 Å². The van der Waals surface area contributed by atoms with E-state index in [0.29, 0.717) is 11.8 Å². The molecule has 4 nitrogen and oxygen atoms in total. The lowest BCUT2D eigenvalue weighted by atomic mass is 9.83. The molecule has 3 aliphatic carbocycles. The molecule has 4 atom stereocenters. The molecule has 0 radical (unpaired) electrons. The molecule has 0 aromatic rings. The predicted molar refractivity (Wildman–Crippen MR) is 163 cm³/mol. The van der Waals surface area contributed by atoms with Gasteiger partial charge >= 0.3 is 0 Å². The van der Waals surface area contributed by atoms with Gasteiger partial charge in [-0.25, -0.2) is 0 Å². The molecule has 1 N–H and O–H groups in total. The summed E-state index contributed by atoms with van der Waals surface area (Å²) in [6.45, 7) is 12.2. The molecule has 0 aromatic carbocycles. The van der Waals surface area contributed by atoms with Gasteiger partial charge in [-0.15, -0.1) is 0 Å². The van der Waals surface area contributed by atoms with Gasteiger partial charge in [0, 0.05) is 17.8 Å². The first-order valence-electron chi connectivity index (χ1n) is 15.2. The van der Waals surface area contributed by atoms with Crippen molar-refractivity contribution in [1.82, 2.24) is 0 Å². The monoisotopic (exact) mass is 540 g/mol. The third kappa shape index (κ3) is 16.6. The second-order valence-electron chi connectivity index (χ2n) is 12.8. The number of carbonyl (C=O) groups excluding carboxylic acids is 3. The zero-order valence-corrected chi connectivity index (χ0v) is 25.7. The summed E-state index contributed by atoms with van der Waals surface area (Å²) in [5.41, 5.74) is 5.30. The quantitative estimate of drug-likeness (QED) is 0.222. The Balaban J connectivity index is 0.000000298. The van der Waals surface area contributed by atoms with Gasteiger partial charge in [-0.1, -0.05) is 53.5 Å². The van der Waals surface area contributed by atoms with E-state index in [-0.39, 0.29) is 11.8 Å². The van der Waals surface area contributed by atoms with E-state index >= 15 is 0 Å². The van der Waals surface area contributed by atoms with Crippen LogP contribution in [0.25, 0.3) is 0 Å². The Morgan fingerprint density at radius 1 is 0.897 bits per heavy atom. The molecule has 220 valence electrons. The molecule has 0 heterocycles. The van der Waals surface area contributed by atoms with Gasteiger partial charge in [-0.05, 0) is 124 Å². The molecule has 4 heteroatoms. The molecule has 3 aliphatic rings. The van der Waals surface area contributed by atoms with Crippen molar-refractivity contribution in [2.75, 3.05) is 0 Å². The maximum absolute atomic E-state index is 10.5. The van der Waals surface area contributed by atoms with Crippen LogP contribution < -0.4 is 0 Å². The van der Waals surface area contributed by atoms with Gasteiger partial charge in [-0.3, -0.25) is 0 Å². The van der Waals surface area contributed by atoms with Gasteiger partial charge in [0.1, 0.15) is 18.9 Å². The number of rotatable bonds is 10. The lowest BCUT2D eigenvalue weighted by Gasteiger charge is -2.21. The van der Waals surface area contributed by atoms with Gasteiger partial charge in [0.15, 0.2) is 0 Å². The minimum Gasteiger partial charge on any atom is -0.390 e. The molecule has 0 saturated carbocycles. The van der Waals surface area contributed by atoms with E-state index in [9.17, 15) is 19.5 Å². The Morgan fingerprint density at radius 2 is 1.46 bits per heavy atom. The van der Waals surface area contributed by atoms with Crippen LogP contribution >= 0.6 is 0 Å². The Bertz CT molecular complexity index is 864. The third-order valence-corrected chi connectivity index (χ3v) is 8.05. The summed E-state index contributed by atoms with van der Waals surface area (Å²) in [6.07, 6.45) is 25.8. The highest BCUT2D eigenvalue weighted by Gasteiger charge is 2.18. The second-order valence-corrected chi connectivity index (χ2v) is 12.8. The largest absolute Gasteiger partial charge is 0.390 e. The smallest absolute Gasteiger partial charge is 0.123 e. The van der Waals surface area contributed by atoms with E-state index < -0.39 is 5.60 Å². The van der Waals surface area contributed by atoms with Crippen LogP contribution in [0.2, 0.25) is 0 Å². The maximum atomic E-state index is 10.5. The average Bonchev–Trinajstić information content (AvgIpc) is 2.89. The SMILES string of the molecule is CC(C)(O)CCCC1=CCC(C=O)CC1.CC(C)=CCCC1=CCC(C=O)CC1.CC1=CC(C)C(C=O)CC1. The predicted octanol–water partition coefficient (Wildman–Crippen LogP) is 8.69. The molecule has 0 amide bonds. The Kier molecular flexibility index (Phi) is 17.1. The first-order chi connectivity index (χ1) is 18.5. The molecule has 0 fully saturated rings. The van der Waals surface area contributed by atoms with Gasteiger partial charge in [0.25, 0.3) is 0 Å². The zero-order chi connectivity index (χ0) is 29.3. The van der Waals surface area contributed by atoms with E-state index in [1.165, 1.54) is 23.1 Å². The summed E-state index contributed by atoms with van der Waals surface area (Å²) in [5.74, 6) is 1.29. The Morgan fingerprint density at radius 3 is 1.87 bits per heavy atom. The van der Waals surface area contributed by atoms with Crippen molar-refractivity contribution in [1.29, 1.82) is 0 Å². The van der Waals surface area contributed by atoms with Crippen LogP contribution in [-0.2, 0) is 14.4 Å². The molecular formula is C35H56O4. The van der Waals surface area contributed by atoms with Crippen LogP contribution in [0.3, 0.4) is 0 Å². The fourth-order valence-electron chi connectivity index (χ4n) is 5.32. The van der Waals surface area contributed by atoms with Gasteiger partial charge in [0.2, 0.25) is 0 Å². The minimum atomic E-state index is -0.541. The summed E-state index contributed by atoms with van der Waals surface area (Å²) < 4.78 is 0. The van der Waals surface area contributed by atoms with Crippen molar-refractivity contribution in [2.24, 2.45) is 23.7 Å². The van der Waals surface area contributed by atoms with Crippen LogP contribution in [0.4, 0.5) is 0 Å². The first kappa shape index (κ1) is 35.0. The summed E-state index contributed by atoms with van der Waals surface area (Å²) in [6, 6.07) is 0. The van der Waals surface area contributed by atoms with Crippen LogP contribution in [0.1, 0.15) is 125 Å². The van der Waals surface area contributed by atoms with E-state index in [2.05, 4.69) is 52.0 Å². The van der Waals surface area contributed by atoms with E-state index in [1.54, 1.807) is 5.57 Å². The van der Waals surface area contributed by atoms with Crippen molar-refractivity contribution < 1.29 is 19.5 Å². The minimum absolute atomic E-state index is 0.253. The highest BCUT2D eigenvalue weighted by molar-refractivity contribution is 5.55. The fraction of sp³-hybridized carbons (Fsp3) is 0.686. The standard InChI is InChI=1S/C13H22O2.C13H20O.C9H14O/c1-13(2,15)9-3-4-11-5-7-12(10-14)8-6-11;1-11(2)4-3-5-12-6-8-13(10-14)9-7-12;1-7-3-4-9(6-10)8(2)5-7/h5,10,12,15H,3-4,6-9H2,1-2H3;4,6,10,13H,3,5,7-9H2,1-2H3;5-6,8-9H,3-4H2,1-2H3. The first-order valence-corrected chi connectivity index (χ1v) is 15.2. The normalized spacial score (nSPS) is 24.7. The van der Waals surface area contributed by atoms with Crippen molar-refractivity contribution in [2.45, 2.75) is 131 Å². The number of hydrogen-bond acceptors (Lipinski definition) is 4. The number of hydrogen-bond donors (Lipinski definition) is 1. The van der Waals surface area contributed by atoms with Gasteiger partial charge < -0.3 is 19.5 Å². The summed E-state index contributed by atoms with van der Waals surface area (Å²) in [7, 11) is 0. The summed E-state index contributed by atoms with van der Waals surface area (Å²) in [5, 5.41) is 9.56. The topological polar surface area (TPSA) is 71.4 Å². The lowest BCUT2D eigenvalue weighted by Crippen LogP contribution is -2.18. The van der Waals surface area contributed by atoms with E-state index in [0.717, 1.165) is 95.9 Å². The van der Waals surface area contributed by atoms with Crippen LogP contribution in [0, 0.1) is 23.7 Å². The Labute approximate surface area is 239 Å². The second kappa shape index (κ2) is 19.1. The van der Waals surface area contributed by atoms with Gasteiger partial charge in [-0.2, -0.15) is 0 Å². The van der Waals surface area contributed by atoms with Crippen molar-refractivity contribution >= 4 is 18.9 Å². The van der Waals surface area contributed by atoms with Crippen molar-refractivity contribution in [3.05, 3.63) is 46.6 Å². The van der Waals surface area contributed by atoms with Crippen molar-refractivity contribution in [3.63, 3.8) is 0 Å². The highest BCUT2D eigenvalue weighted by Crippen LogP contribution is 2.28. The molecule has 4 unspecified atom stereocenters. The molecule has 0 aromatic heterocycles. The molecule has 0 spiro atoms. The average molecular weight is 541 g/mol. The molecule has 0 aliphatic heterocycles. The molecule has 0 saturated heterocycles. The molecule has 3 rings (SSSR count). The maximum Gasteiger partial charge on any atom is 0.123 e. The fourth-order valence-corrected chi connectivity index (χ4v) is 5.32. The van der Waals surface area contributed by atoms with Crippen LogP contribution in [0.5, 0.6) is 0 Å². The number of carbonyl (C=O) groups is 3.